The number of carbonyl (C=O) groups excluding carboxylic acids is 1. The number of ether oxygens (including phenoxy) is 1. The first-order valence-electron chi connectivity index (χ1n) is 11.0. The van der Waals surface area contributed by atoms with Crippen LogP contribution >= 0.6 is 22.9 Å². The lowest BCUT2D eigenvalue weighted by atomic mass is 10.2. The van der Waals surface area contributed by atoms with E-state index in [-0.39, 0.29) is 24.5 Å². The Balaban J connectivity index is 1.27. The van der Waals surface area contributed by atoms with E-state index >= 15 is 0 Å². The SMILES string of the molecule is O=C(Cc1csc(Nc2cccc(C(F)(F)F)c2)n1)N/N=C/c1ccc(OCc2ccccc2F)c(Cl)c1. The average molecular weight is 563 g/mol. The van der Waals surface area contributed by atoms with Crippen molar-refractivity contribution in [2.45, 2.75) is 19.2 Å². The molecule has 1 heterocycles. The van der Waals surface area contributed by atoms with Crippen molar-refractivity contribution in [1.29, 1.82) is 0 Å². The van der Waals surface area contributed by atoms with E-state index in [0.717, 1.165) is 23.5 Å². The van der Waals surface area contributed by atoms with Gasteiger partial charge >= 0.3 is 6.18 Å². The van der Waals surface area contributed by atoms with Crippen LogP contribution in [0.4, 0.5) is 28.4 Å². The number of hydrogen-bond donors (Lipinski definition) is 2. The van der Waals surface area contributed by atoms with Gasteiger partial charge in [-0.05, 0) is 48.0 Å². The van der Waals surface area contributed by atoms with E-state index in [9.17, 15) is 22.4 Å². The quantitative estimate of drug-likeness (QED) is 0.131. The molecule has 0 aliphatic rings. The van der Waals surface area contributed by atoms with E-state index in [4.69, 9.17) is 16.3 Å². The summed E-state index contributed by atoms with van der Waals surface area (Å²) in [6.07, 6.45) is -3.14. The predicted octanol–water partition coefficient (Wildman–Crippen LogP) is 6.97. The van der Waals surface area contributed by atoms with E-state index < -0.39 is 17.6 Å². The fourth-order valence-electron chi connectivity index (χ4n) is 3.21. The predicted molar refractivity (Wildman–Crippen MR) is 138 cm³/mol. The van der Waals surface area contributed by atoms with Crippen LogP contribution in [-0.4, -0.2) is 17.1 Å². The van der Waals surface area contributed by atoms with Gasteiger partial charge in [0.1, 0.15) is 18.2 Å². The smallest absolute Gasteiger partial charge is 0.416 e. The van der Waals surface area contributed by atoms with Crippen molar-refractivity contribution in [3.63, 3.8) is 0 Å². The molecule has 38 heavy (non-hydrogen) atoms. The molecule has 12 heteroatoms. The van der Waals surface area contributed by atoms with Gasteiger partial charge in [0.25, 0.3) is 0 Å². The monoisotopic (exact) mass is 562 g/mol. The Morgan fingerprint density at radius 1 is 1.11 bits per heavy atom. The fraction of sp³-hybridized carbons (Fsp3) is 0.115. The normalized spacial score (nSPS) is 11.5. The summed E-state index contributed by atoms with van der Waals surface area (Å²) in [5, 5.41) is 8.98. The summed E-state index contributed by atoms with van der Waals surface area (Å²) in [5.74, 6) is -0.439. The van der Waals surface area contributed by atoms with E-state index in [1.54, 1.807) is 41.8 Å². The summed E-state index contributed by atoms with van der Waals surface area (Å²) in [4.78, 5) is 16.4. The van der Waals surface area contributed by atoms with E-state index in [0.29, 0.717) is 32.7 Å². The van der Waals surface area contributed by atoms with Crippen molar-refractivity contribution in [3.8, 4) is 5.75 Å². The number of thiazole rings is 1. The van der Waals surface area contributed by atoms with Crippen LogP contribution in [0.2, 0.25) is 5.02 Å². The van der Waals surface area contributed by atoms with Gasteiger partial charge in [-0.1, -0.05) is 35.9 Å². The number of rotatable bonds is 9. The minimum atomic E-state index is -4.45. The third-order valence-corrected chi connectivity index (χ3v) is 6.14. The molecule has 0 aliphatic carbocycles. The van der Waals surface area contributed by atoms with Crippen LogP contribution in [0, 0.1) is 5.82 Å². The molecule has 0 saturated heterocycles. The van der Waals surface area contributed by atoms with Crippen molar-refractivity contribution in [3.05, 3.63) is 105 Å². The van der Waals surface area contributed by atoms with Gasteiger partial charge in [0.2, 0.25) is 5.91 Å². The minimum Gasteiger partial charge on any atom is -0.487 e. The number of nitrogens with zero attached hydrogens (tertiary/aromatic N) is 2. The Morgan fingerprint density at radius 3 is 2.68 bits per heavy atom. The number of benzene rings is 3. The number of hydrogen-bond acceptors (Lipinski definition) is 6. The van der Waals surface area contributed by atoms with Crippen molar-refractivity contribution in [1.82, 2.24) is 10.4 Å². The summed E-state index contributed by atoms with van der Waals surface area (Å²) in [6, 6.07) is 15.9. The maximum absolute atomic E-state index is 13.7. The van der Waals surface area contributed by atoms with Gasteiger partial charge in [0.15, 0.2) is 5.13 Å². The molecule has 0 bridgehead atoms. The molecular weight excluding hydrogens is 544 g/mol. The second kappa shape index (κ2) is 12.1. The lowest BCUT2D eigenvalue weighted by molar-refractivity contribution is -0.137. The first-order chi connectivity index (χ1) is 18.2. The Labute approximate surface area is 223 Å². The van der Waals surface area contributed by atoms with Gasteiger partial charge in [-0.15, -0.1) is 11.3 Å². The molecule has 0 aliphatic heterocycles. The third-order valence-electron chi connectivity index (χ3n) is 5.03. The number of amides is 1. The zero-order valence-corrected chi connectivity index (χ0v) is 21.0. The standard InChI is InChI=1S/C26H19ClF4N4O2S/c27-21-10-16(8-9-23(21)37-14-17-4-1-2-7-22(17)28)13-32-35-24(36)12-20-15-38-25(34-20)33-19-6-3-5-18(11-19)26(29,30)31/h1-11,13,15H,12,14H2,(H,33,34)(H,35,36)/b32-13+. The number of alkyl halides is 3. The molecule has 0 spiro atoms. The summed E-state index contributed by atoms with van der Waals surface area (Å²) in [6.45, 7) is 0.0175. The Kier molecular flexibility index (Phi) is 8.59. The highest BCUT2D eigenvalue weighted by Crippen LogP contribution is 2.32. The number of nitrogens with one attached hydrogen (secondary N) is 2. The van der Waals surface area contributed by atoms with Crippen molar-refractivity contribution < 1.29 is 27.1 Å². The third kappa shape index (κ3) is 7.53. The largest absolute Gasteiger partial charge is 0.487 e. The molecule has 1 amide bonds. The molecule has 0 radical (unpaired) electrons. The van der Waals surface area contributed by atoms with Crippen molar-refractivity contribution >= 4 is 45.9 Å². The zero-order chi connectivity index (χ0) is 27.1. The van der Waals surface area contributed by atoms with Gasteiger partial charge in [0.05, 0.1) is 28.9 Å². The summed E-state index contributed by atoms with van der Waals surface area (Å²) >= 11 is 7.40. The maximum Gasteiger partial charge on any atom is 0.416 e. The first kappa shape index (κ1) is 27.1. The van der Waals surface area contributed by atoms with Crippen LogP contribution in [0.25, 0.3) is 0 Å². The number of anilines is 2. The highest BCUT2D eigenvalue weighted by Gasteiger charge is 2.30. The molecule has 4 aromatic rings. The van der Waals surface area contributed by atoms with Gasteiger partial charge in [-0.25, -0.2) is 14.8 Å². The van der Waals surface area contributed by atoms with Crippen LogP contribution in [0.1, 0.15) is 22.4 Å². The fourth-order valence-corrected chi connectivity index (χ4v) is 4.18. The summed E-state index contributed by atoms with van der Waals surface area (Å²) in [7, 11) is 0. The second-order valence-electron chi connectivity index (χ2n) is 7.89. The Morgan fingerprint density at radius 2 is 1.92 bits per heavy atom. The number of aromatic nitrogens is 1. The Bertz CT molecular complexity index is 1460. The van der Waals surface area contributed by atoms with Crippen LogP contribution in [0.5, 0.6) is 5.75 Å². The molecule has 6 nitrogen and oxygen atoms in total. The van der Waals surface area contributed by atoms with Crippen LogP contribution in [-0.2, 0) is 24.0 Å². The molecule has 1 aromatic heterocycles. The Hall–Kier alpha value is -3.96. The van der Waals surface area contributed by atoms with Crippen LogP contribution < -0.4 is 15.5 Å². The minimum absolute atomic E-state index is 0.0175. The molecule has 4 rings (SSSR count). The zero-order valence-electron chi connectivity index (χ0n) is 19.4. The van der Waals surface area contributed by atoms with Gasteiger partial charge in [-0.3, -0.25) is 4.79 Å². The maximum atomic E-state index is 13.7. The number of hydrazone groups is 1. The van der Waals surface area contributed by atoms with E-state index in [1.807, 2.05) is 0 Å². The van der Waals surface area contributed by atoms with Crippen LogP contribution in [0.3, 0.4) is 0 Å². The first-order valence-corrected chi connectivity index (χ1v) is 12.3. The average Bonchev–Trinajstić information content (AvgIpc) is 3.30. The molecule has 3 aromatic carbocycles. The second-order valence-corrected chi connectivity index (χ2v) is 9.15. The van der Waals surface area contributed by atoms with Crippen LogP contribution in [0.15, 0.2) is 77.2 Å². The molecular formula is C26H19ClF4N4O2S. The number of carbonyl (C=O) groups is 1. The highest BCUT2D eigenvalue weighted by atomic mass is 35.5. The van der Waals surface area contributed by atoms with Gasteiger partial charge < -0.3 is 10.1 Å². The lowest BCUT2D eigenvalue weighted by Crippen LogP contribution is -2.19. The molecule has 196 valence electrons. The molecule has 0 fully saturated rings. The molecule has 0 atom stereocenters. The molecule has 0 saturated carbocycles. The summed E-state index contributed by atoms with van der Waals surface area (Å²) < 4.78 is 58.0. The van der Waals surface area contributed by atoms with E-state index in [1.165, 1.54) is 24.4 Å². The lowest BCUT2D eigenvalue weighted by Gasteiger charge is -2.09. The topological polar surface area (TPSA) is 75.6 Å². The van der Waals surface area contributed by atoms with Crippen molar-refractivity contribution in [2.75, 3.05) is 5.32 Å². The van der Waals surface area contributed by atoms with Gasteiger partial charge in [0, 0.05) is 16.6 Å². The molecule has 0 unspecified atom stereocenters. The summed E-state index contributed by atoms with van der Waals surface area (Å²) in [5.41, 5.74) is 3.26. The van der Waals surface area contributed by atoms with Gasteiger partial charge in [-0.2, -0.15) is 18.3 Å². The van der Waals surface area contributed by atoms with Crippen molar-refractivity contribution in [2.24, 2.45) is 5.10 Å². The van der Waals surface area contributed by atoms with E-state index in [2.05, 4.69) is 20.8 Å². The highest BCUT2D eigenvalue weighted by molar-refractivity contribution is 7.13. The molecule has 2 N–H and O–H groups in total. The number of halogens is 5.